The van der Waals surface area contributed by atoms with Gasteiger partial charge in [0.25, 0.3) is 0 Å². The molecule has 0 fully saturated rings. The third-order valence-corrected chi connectivity index (χ3v) is 3.29. The van der Waals surface area contributed by atoms with Crippen molar-refractivity contribution in [2.24, 2.45) is 0 Å². The van der Waals surface area contributed by atoms with Gasteiger partial charge in [0.15, 0.2) is 0 Å². The van der Waals surface area contributed by atoms with Gasteiger partial charge < -0.3 is 14.8 Å². The monoisotopic (exact) mass is 381 g/mol. The van der Waals surface area contributed by atoms with Gasteiger partial charge in [-0.25, -0.2) is 14.6 Å². The van der Waals surface area contributed by atoms with E-state index < -0.39 is 23.7 Å². The molecule has 1 atom stereocenters. The standard InChI is InChI=1S/C21H23N3O4/c1-21(2,3)28-20(26)24-18(11-7-10-17-14-22-12-13-23-17)19(25)27-15-16-8-5-4-6-9-16/h4-6,8-9,12-14,18H,11,15H2,1-3H3,(H,24,26). The molecule has 0 spiro atoms. The summed E-state index contributed by atoms with van der Waals surface area (Å²) < 4.78 is 10.5. The number of rotatable bonds is 5. The van der Waals surface area contributed by atoms with Gasteiger partial charge in [-0.1, -0.05) is 36.3 Å². The van der Waals surface area contributed by atoms with Gasteiger partial charge >= 0.3 is 12.1 Å². The molecule has 146 valence electrons. The van der Waals surface area contributed by atoms with E-state index in [4.69, 9.17) is 9.47 Å². The zero-order chi connectivity index (χ0) is 20.4. The van der Waals surface area contributed by atoms with Crippen LogP contribution in [0.5, 0.6) is 0 Å². The number of carbonyl (C=O) groups excluding carboxylic acids is 2. The molecule has 0 aliphatic carbocycles. The molecule has 0 radical (unpaired) electrons. The van der Waals surface area contributed by atoms with Gasteiger partial charge in [0.05, 0.1) is 6.20 Å². The van der Waals surface area contributed by atoms with E-state index in [1.54, 1.807) is 27.0 Å². The first-order chi connectivity index (χ1) is 13.3. The Morgan fingerprint density at radius 2 is 1.93 bits per heavy atom. The molecule has 28 heavy (non-hydrogen) atoms. The normalized spacial score (nSPS) is 11.5. The van der Waals surface area contributed by atoms with Crippen LogP contribution < -0.4 is 5.32 Å². The third kappa shape index (κ3) is 7.87. The lowest BCUT2D eigenvalue weighted by Gasteiger charge is -2.22. The van der Waals surface area contributed by atoms with E-state index >= 15 is 0 Å². The van der Waals surface area contributed by atoms with Crippen LogP contribution in [0.15, 0.2) is 48.9 Å². The van der Waals surface area contributed by atoms with Crippen LogP contribution in [0.25, 0.3) is 0 Å². The predicted molar refractivity (Wildman–Crippen MR) is 103 cm³/mol. The van der Waals surface area contributed by atoms with E-state index in [1.165, 1.54) is 12.4 Å². The predicted octanol–water partition coefficient (Wildman–Crippen LogP) is 2.85. The van der Waals surface area contributed by atoms with Gasteiger partial charge in [-0.05, 0) is 32.3 Å². The smallest absolute Gasteiger partial charge is 0.408 e. The van der Waals surface area contributed by atoms with Crippen molar-refractivity contribution in [1.29, 1.82) is 0 Å². The maximum atomic E-state index is 12.5. The van der Waals surface area contributed by atoms with Crippen molar-refractivity contribution in [3.8, 4) is 11.8 Å². The third-order valence-electron chi connectivity index (χ3n) is 3.29. The molecule has 1 aromatic heterocycles. The first kappa shape index (κ1) is 20.9. The van der Waals surface area contributed by atoms with Crippen molar-refractivity contribution >= 4 is 12.1 Å². The quantitative estimate of drug-likeness (QED) is 0.633. The van der Waals surface area contributed by atoms with E-state index in [-0.39, 0.29) is 13.0 Å². The summed E-state index contributed by atoms with van der Waals surface area (Å²) in [6.45, 7) is 5.32. The first-order valence-electron chi connectivity index (χ1n) is 8.78. The minimum atomic E-state index is -0.970. The molecule has 1 amide bonds. The largest absolute Gasteiger partial charge is 0.459 e. The van der Waals surface area contributed by atoms with Crippen LogP contribution in [0.4, 0.5) is 4.79 Å². The summed E-state index contributed by atoms with van der Waals surface area (Å²) in [6.07, 6.45) is 3.91. The van der Waals surface area contributed by atoms with Crippen LogP contribution >= 0.6 is 0 Å². The molecule has 0 aliphatic rings. The Labute approximate surface area is 164 Å². The molecule has 1 heterocycles. The van der Waals surface area contributed by atoms with Gasteiger partial charge in [-0.2, -0.15) is 0 Å². The number of benzene rings is 1. The van der Waals surface area contributed by atoms with E-state index in [2.05, 4.69) is 27.1 Å². The van der Waals surface area contributed by atoms with Crippen molar-refractivity contribution in [3.05, 3.63) is 60.2 Å². The summed E-state index contributed by atoms with van der Waals surface area (Å²) in [6, 6.07) is 8.30. The minimum absolute atomic E-state index is 0.0451. The van der Waals surface area contributed by atoms with E-state index in [0.29, 0.717) is 5.69 Å². The summed E-state index contributed by atoms with van der Waals surface area (Å²) in [7, 11) is 0. The number of hydrogen-bond donors (Lipinski definition) is 1. The lowest BCUT2D eigenvalue weighted by molar-refractivity contribution is -0.147. The Bertz CT molecular complexity index is 837. The number of nitrogens with one attached hydrogen (secondary N) is 1. The maximum Gasteiger partial charge on any atom is 0.408 e. The van der Waals surface area contributed by atoms with Gasteiger partial charge in [0.1, 0.15) is 23.9 Å². The van der Waals surface area contributed by atoms with Gasteiger partial charge in [0, 0.05) is 18.8 Å². The minimum Gasteiger partial charge on any atom is -0.459 e. The van der Waals surface area contributed by atoms with Crippen LogP contribution in [-0.2, 0) is 20.9 Å². The Morgan fingerprint density at radius 3 is 2.57 bits per heavy atom. The molecule has 1 N–H and O–H groups in total. The fourth-order valence-corrected chi connectivity index (χ4v) is 2.08. The molecular formula is C21H23N3O4. The number of ether oxygens (including phenoxy) is 2. The van der Waals surface area contributed by atoms with Gasteiger partial charge in [-0.3, -0.25) is 4.98 Å². The van der Waals surface area contributed by atoms with E-state index in [1.807, 2.05) is 30.3 Å². The van der Waals surface area contributed by atoms with Crippen molar-refractivity contribution in [1.82, 2.24) is 15.3 Å². The molecule has 0 saturated heterocycles. The van der Waals surface area contributed by atoms with E-state index in [9.17, 15) is 9.59 Å². The number of esters is 1. The van der Waals surface area contributed by atoms with Gasteiger partial charge in [-0.15, -0.1) is 0 Å². The summed E-state index contributed by atoms with van der Waals surface area (Å²) in [5, 5.41) is 2.52. The molecule has 0 aliphatic heterocycles. The highest BCUT2D eigenvalue weighted by atomic mass is 16.6. The average molecular weight is 381 g/mol. The topological polar surface area (TPSA) is 90.4 Å². The Hall–Kier alpha value is -3.40. The highest BCUT2D eigenvalue weighted by molar-refractivity contribution is 5.81. The summed E-state index contributed by atoms with van der Waals surface area (Å²) in [4.78, 5) is 32.5. The van der Waals surface area contributed by atoms with Crippen molar-refractivity contribution in [2.75, 3.05) is 0 Å². The number of alkyl carbamates (subject to hydrolysis) is 1. The number of hydrogen-bond acceptors (Lipinski definition) is 6. The number of nitrogens with zero attached hydrogens (tertiary/aromatic N) is 2. The molecule has 2 rings (SSSR count). The highest BCUT2D eigenvalue weighted by Gasteiger charge is 2.25. The Kier molecular flexibility index (Phi) is 7.52. The fourth-order valence-electron chi connectivity index (χ4n) is 2.08. The van der Waals surface area contributed by atoms with Crippen LogP contribution in [-0.4, -0.2) is 33.7 Å². The fraction of sp³-hybridized carbons (Fsp3) is 0.333. The lowest BCUT2D eigenvalue weighted by atomic mass is 10.2. The average Bonchev–Trinajstić information content (AvgIpc) is 2.65. The molecular weight excluding hydrogens is 358 g/mol. The van der Waals surface area contributed by atoms with Crippen LogP contribution in [0.3, 0.4) is 0 Å². The van der Waals surface area contributed by atoms with Crippen LogP contribution in [0, 0.1) is 11.8 Å². The zero-order valence-corrected chi connectivity index (χ0v) is 16.1. The second kappa shape index (κ2) is 10.1. The van der Waals surface area contributed by atoms with Crippen molar-refractivity contribution in [3.63, 3.8) is 0 Å². The summed E-state index contributed by atoms with van der Waals surface area (Å²) >= 11 is 0. The van der Waals surface area contributed by atoms with Gasteiger partial charge in [0.2, 0.25) is 0 Å². The van der Waals surface area contributed by atoms with Crippen LogP contribution in [0.2, 0.25) is 0 Å². The first-order valence-corrected chi connectivity index (χ1v) is 8.78. The number of amides is 1. The molecule has 7 nitrogen and oxygen atoms in total. The highest BCUT2D eigenvalue weighted by Crippen LogP contribution is 2.08. The number of aromatic nitrogens is 2. The molecule has 0 saturated carbocycles. The molecule has 7 heteroatoms. The Balaban J connectivity index is 2.02. The van der Waals surface area contributed by atoms with Crippen LogP contribution in [0.1, 0.15) is 38.4 Å². The second-order valence-corrected chi connectivity index (χ2v) is 6.89. The maximum absolute atomic E-state index is 12.5. The molecule has 0 bridgehead atoms. The van der Waals surface area contributed by atoms with E-state index in [0.717, 1.165) is 5.56 Å². The SMILES string of the molecule is CC(C)(C)OC(=O)NC(CC#Cc1cnccn1)C(=O)OCc1ccccc1. The molecule has 2 aromatic rings. The summed E-state index contributed by atoms with van der Waals surface area (Å²) in [5.41, 5.74) is 0.627. The summed E-state index contributed by atoms with van der Waals surface area (Å²) in [5.74, 6) is 5.03. The molecule has 1 unspecified atom stereocenters. The van der Waals surface area contributed by atoms with Crippen molar-refractivity contribution in [2.45, 2.75) is 45.4 Å². The second-order valence-electron chi connectivity index (χ2n) is 6.89. The number of carbonyl (C=O) groups is 2. The van der Waals surface area contributed by atoms with Crippen molar-refractivity contribution < 1.29 is 19.1 Å². The zero-order valence-electron chi connectivity index (χ0n) is 16.1. The molecule has 1 aromatic carbocycles. The lowest BCUT2D eigenvalue weighted by Crippen LogP contribution is -2.44. The Morgan fingerprint density at radius 1 is 1.18 bits per heavy atom.